The molecule has 1 aromatic carbocycles. The molecule has 0 radical (unpaired) electrons. The minimum absolute atomic E-state index is 0.215. The van der Waals surface area contributed by atoms with Crippen molar-refractivity contribution >= 4 is 5.96 Å². The van der Waals surface area contributed by atoms with E-state index in [1.54, 1.807) is 0 Å². The first-order valence-electron chi connectivity index (χ1n) is 6.56. The molecule has 0 fully saturated rings. The van der Waals surface area contributed by atoms with Gasteiger partial charge in [0.05, 0.1) is 19.2 Å². The van der Waals surface area contributed by atoms with E-state index in [-0.39, 0.29) is 6.04 Å². The Bertz CT molecular complexity index is 431. The normalized spacial score (nSPS) is 18.9. The van der Waals surface area contributed by atoms with Crippen molar-refractivity contribution in [3.05, 3.63) is 29.8 Å². The van der Waals surface area contributed by atoms with Gasteiger partial charge in [-0.25, -0.2) is 0 Å². The molecule has 4 nitrogen and oxygen atoms in total. The zero-order valence-electron chi connectivity index (χ0n) is 11.1. The zero-order valence-corrected chi connectivity index (χ0v) is 11.1. The first-order valence-corrected chi connectivity index (χ1v) is 6.56. The first kappa shape index (κ1) is 12.7. The lowest BCUT2D eigenvalue weighted by Gasteiger charge is -2.27. The molecule has 0 aliphatic carbocycles. The van der Waals surface area contributed by atoms with E-state index >= 15 is 0 Å². The SMILES string of the molecule is CCCN1C(N)=NCC1c1ccccc1OCC. The molecule has 0 bridgehead atoms. The maximum Gasteiger partial charge on any atom is 0.191 e. The smallest absolute Gasteiger partial charge is 0.191 e. The van der Waals surface area contributed by atoms with Gasteiger partial charge in [-0.2, -0.15) is 0 Å². The number of rotatable bonds is 5. The predicted molar refractivity (Wildman–Crippen MR) is 73.8 cm³/mol. The van der Waals surface area contributed by atoms with E-state index in [0.29, 0.717) is 12.6 Å². The van der Waals surface area contributed by atoms with Gasteiger partial charge in [0, 0.05) is 12.1 Å². The van der Waals surface area contributed by atoms with Crippen LogP contribution in [0.1, 0.15) is 31.9 Å². The number of aliphatic imine (C=N–C) groups is 1. The van der Waals surface area contributed by atoms with Gasteiger partial charge in [0.1, 0.15) is 5.75 Å². The molecule has 1 aromatic rings. The standard InChI is InChI=1S/C14H21N3O/c1-3-9-17-12(10-16-14(17)15)11-7-5-6-8-13(11)18-4-2/h5-8,12H,3-4,9-10H2,1-2H3,(H2,15,16). The number of para-hydroxylation sites is 1. The fraction of sp³-hybridized carbons (Fsp3) is 0.500. The fourth-order valence-corrected chi connectivity index (χ4v) is 2.35. The van der Waals surface area contributed by atoms with Crippen LogP contribution in [0, 0.1) is 0 Å². The number of nitrogens with two attached hydrogens (primary N) is 1. The van der Waals surface area contributed by atoms with Gasteiger partial charge in [-0.15, -0.1) is 0 Å². The lowest BCUT2D eigenvalue weighted by Crippen LogP contribution is -2.36. The molecule has 0 saturated carbocycles. The lowest BCUT2D eigenvalue weighted by molar-refractivity contribution is 0.307. The highest BCUT2D eigenvalue weighted by atomic mass is 16.5. The summed E-state index contributed by atoms with van der Waals surface area (Å²) in [7, 11) is 0. The van der Waals surface area contributed by atoms with E-state index in [1.807, 2.05) is 25.1 Å². The molecule has 1 aliphatic rings. The number of ether oxygens (including phenoxy) is 1. The van der Waals surface area contributed by atoms with Crippen molar-refractivity contribution < 1.29 is 4.74 Å². The van der Waals surface area contributed by atoms with Crippen LogP contribution < -0.4 is 10.5 Å². The van der Waals surface area contributed by atoms with E-state index in [9.17, 15) is 0 Å². The summed E-state index contributed by atoms with van der Waals surface area (Å²) in [6.07, 6.45) is 1.06. The second-order valence-corrected chi connectivity index (χ2v) is 4.38. The Morgan fingerprint density at radius 2 is 2.17 bits per heavy atom. The van der Waals surface area contributed by atoms with Gasteiger partial charge >= 0.3 is 0 Å². The number of nitrogens with zero attached hydrogens (tertiary/aromatic N) is 2. The van der Waals surface area contributed by atoms with Crippen molar-refractivity contribution in [2.24, 2.45) is 10.7 Å². The Hall–Kier alpha value is -1.71. The van der Waals surface area contributed by atoms with Crippen LogP contribution in [0.3, 0.4) is 0 Å². The van der Waals surface area contributed by atoms with Gasteiger partial charge in [0.25, 0.3) is 0 Å². The summed E-state index contributed by atoms with van der Waals surface area (Å²) < 4.78 is 5.69. The summed E-state index contributed by atoms with van der Waals surface area (Å²) in [5.74, 6) is 1.59. The maximum absolute atomic E-state index is 5.95. The molecule has 0 aromatic heterocycles. The molecule has 2 N–H and O–H groups in total. The quantitative estimate of drug-likeness (QED) is 0.867. The molecule has 4 heteroatoms. The average molecular weight is 247 g/mol. The highest BCUT2D eigenvalue weighted by Crippen LogP contribution is 2.32. The van der Waals surface area contributed by atoms with Crippen LogP contribution >= 0.6 is 0 Å². The van der Waals surface area contributed by atoms with Crippen LogP contribution in [0.15, 0.2) is 29.3 Å². The Balaban J connectivity index is 2.25. The monoisotopic (exact) mass is 247 g/mol. The predicted octanol–water partition coefficient (Wildman–Crippen LogP) is 2.17. The van der Waals surface area contributed by atoms with Gasteiger partial charge < -0.3 is 15.4 Å². The van der Waals surface area contributed by atoms with Crippen LogP contribution in [0.2, 0.25) is 0 Å². The molecule has 98 valence electrons. The molecular weight excluding hydrogens is 226 g/mol. The fourth-order valence-electron chi connectivity index (χ4n) is 2.35. The molecule has 1 unspecified atom stereocenters. The Kier molecular flexibility index (Phi) is 4.07. The van der Waals surface area contributed by atoms with Crippen molar-refractivity contribution in [1.29, 1.82) is 0 Å². The van der Waals surface area contributed by atoms with Crippen molar-refractivity contribution in [1.82, 2.24) is 4.90 Å². The van der Waals surface area contributed by atoms with E-state index in [0.717, 1.165) is 25.3 Å². The van der Waals surface area contributed by atoms with Crippen molar-refractivity contribution in [2.45, 2.75) is 26.3 Å². The third-order valence-electron chi connectivity index (χ3n) is 3.14. The summed E-state index contributed by atoms with van der Waals surface area (Å²) in [4.78, 5) is 6.52. The van der Waals surface area contributed by atoms with E-state index in [1.165, 1.54) is 5.56 Å². The molecule has 0 amide bonds. The average Bonchev–Trinajstić information content (AvgIpc) is 2.73. The third-order valence-corrected chi connectivity index (χ3v) is 3.14. The molecule has 0 saturated heterocycles. The van der Waals surface area contributed by atoms with Gasteiger partial charge in [0.15, 0.2) is 5.96 Å². The van der Waals surface area contributed by atoms with Crippen molar-refractivity contribution in [3.63, 3.8) is 0 Å². The highest BCUT2D eigenvalue weighted by molar-refractivity contribution is 5.80. The van der Waals surface area contributed by atoms with E-state index in [2.05, 4.69) is 22.9 Å². The third kappa shape index (κ3) is 2.42. The maximum atomic E-state index is 5.95. The summed E-state index contributed by atoms with van der Waals surface area (Å²) in [6, 6.07) is 8.37. The van der Waals surface area contributed by atoms with Crippen LogP contribution in [0.25, 0.3) is 0 Å². The minimum atomic E-state index is 0.215. The summed E-state index contributed by atoms with van der Waals surface area (Å²) >= 11 is 0. The molecule has 0 spiro atoms. The topological polar surface area (TPSA) is 50.8 Å². The summed E-state index contributed by atoms with van der Waals surface area (Å²) in [6.45, 7) is 6.47. The van der Waals surface area contributed by atoms with Gasteiger partial charge in [0.2, 0.25) is 0 Å². The van der Waals surface area contributed by atoms with Gasteiger partial charge in [-0.3, -0.25) is 4.99 Å². The Labute approximate surface area is 108 Å². The highest BCUT2D eigenvalue weighted by Gasteiger charge is 2.28. The number of hydrogen-bond acceptors (Lipinski definition) is 4. The zero-order chi connectivity index (χ0) is 13.0. The number of hydrogen-bond donors (Lipinski definition) is 1. The van der Waals surface area contributed by atoms with Crippen LogP contribution in [0.5, 0.6) is 5.75 Å². The second-order valence-electron chi connectivity index (χ2n) is 4.38. The lowest BCUT2D eigenvalue weighted by atomic mass is 10.0. The Morgan fingerprint density at radius 3 is 2.89 bits per heavy atom. The van der Waals surface area contributed by atoms with Crippen LogP contribution in [-0.2, 0) is 0 Å². The molecular formula is C14H21N3O. The van der Waals surface area contributed by atoms with Crippen molar-refractivity contribution in [2.75, 3.05) is 19.7 Å². The number of benzene rings is 1. The minimum Gasteiger partial charge on any atom is -0.494 e. The molecule has 1 heterocycles. The first-order chi connectivity index (χ1) is 8.77. The molecule has 1 atom stereocenters. The summed E-state index contributed by atoms with van der Waals surface area (Å²) in [5.41, 5.74) is 7.13. The largest absolute Gasteiger partial charge is 0.494 e. The van der Waals surface area contributed by atoms with Crippen molar-refractivity contribution in [3.8, 4) is 5.75 Å². The van der Waals surface area contributed by atoms with E-state index < -0.39 is 0 Å². The summed E-state index contributed by atoms with van der Waals surface area (Å²) in [5, 5.41) is 0. The Morgan fingerprint density at radius 1 is 1.39 bits per heavy atom. The van der Waals surface area contributed by atoms with E-state index in [4.69, 9.17) is 10.5 Å². The molecule has 1 aliphatic heterocycles. The number of guanidine groups is 1. The van der Waals surface area contributed by atoms with Crippen LogP contribution in [0.4, 0.5) is 0 Å². The van der Waals surface area contributed by atoms with Gasteiger partial charge in [-0.05, 0) is 19.4 Å². The second kappa shape index (κ2) is 5.76. The van der Waals surface area contributed by atoms with Gasteiger partial charge in [-0.1, -0.05) is 25.1 Å². The molecule has 18 heavy (non-hydrogen) atoms. The molecule has 2 rings (SSSR count). The van der Waals surface area contributed by atoms with Crippen LogP contribution in [-0.4, -0.2) is 30.6 Å².